The van der Waals surface area contributed by atoms with Gasteiger partial charge in [0.25, 0.3) is 0 Å². The molecular weight excluding hydrogens is 212 g/mol. The van der Waals surface area contributed by atoms with Gasteiger partial charge in [-0.25, -0.2) is 0 Å². The Labute approximate surface area is 103 Å². The van der Waals surface area contributed by atoms with Crippen molar-refractivity contribution in [3.63, 3.8) is 0 Å². The van der Waals surface area contributed by atoms with Crippen molar-refractivity contribution in [2.24, 2.45) is 4.99 Å². The molecule has 0 unspecified atom stereocenters. The monoisotopic (exact) mass is 230 g/mol. The third-order valence-corrected chi connectivity index (χ3v) is 2.86. The van der Waals surface area contributed by atoms with Crippen molar-refractivity contribution >= 4 is 17.7 Å². The Balaban J connectivity index is 0.00000162. The topological polar surface area (TPSA) is 41.5 Å². The van der Waals surface area contributed by atoms with E-state index in [2.05, 4.69) is 22.4 Å². The molecule has 0 saturated carbocycles. The van der Waals surface area contributed by atoms with E-state index in [-0.39, 0.29) is 7.33 Å². The first-order valence-corrected chi connectivity index (χ1v) is 5.73. The molecule has 1 amide bonds. The highest BCUT2D eigenvalue weighted by Crippen LogP contribution is 2.26. The minimum absolute atomic E-state index is 0. The first-order chi connectivity index (χ1) is 8.16. The number of nitrogens with one attached hydrogen (secondary N) is 1. The number of allylic oxidation sites excluding steroid dienone is 2. The van der Waals surface area contributed by atoms with E-state index in [4.69, 9.17) is 0 Å². The number of carbonyl (C=O) groups excluding carboxylic acids is 1. The minimum Gasteiger partial charge on any atom is -0.352 e. The summed E-state index contributed by atoms with van der Waals surface area (Å²) in [5.74, 6) is -0.00294. The molecule has 3 nitrogen and oxygen atoms in total. The highest BCUT2D eigenvalue weighted by molar-refractivity contribution is 5.86. The van der Waals surface area contributed by atoms with Crippen molar-refractivity contribution in [1.82, 2.24) is 5.32 Å². The lowest BCUT2D eigenvalue weighted by Gasteiger charge is -2.06. The Bertz CT molecular complexity index is 489. The fraction of sp³-hybridized carbons (Fsp3) is 0.286. The molecule has 0 aromatic heterocycles. The zero-order valence-corrected chi connectivity index (χ0v) is 10.2. The van der Waals surface area contributed by atoms with Gasteiger partial charge >= 0.3 is 0 Å². The number of aliphatic imine (C=N–C) groups is 1. The average molecular weight is 230 g/mol. The van der Waals surface area contributed by atoms with Crippen LogP contribution in [-0.2, 0) is 11.3 Å². The van der Waals surface area contributed by atoms with Crippen molar-refractivity contribution < 1.29 is 6.22 Å². The molecule has 1 aliphatic rings. The van der Waals surface area contributed by atoms with E-state index < -0.39 is 0 Å². The van der Waals surface area contributed by atoms with Crippen LogP contribution in [0.5, 0.6) is 0 Å². The maximum absolute atomic E-state index is 10.8. The number of hydrogen-bond donors (Lipinski definition) is 1. The Morgan fingerprint density at radius 3 is 2.65 bits per heavy atom. The lowest BCUT2D eigenvalue weighted by molar-refractivity contribution is -0.119. The van der Waals surface area contributed by atoms with Gasteiger partial charge in [0.2, 0.25) is 5.91 Å². The van der Waals surface area contributed by atoms with E-state index in [9.17, 15) is 4.79 Å². The maximum Gasteiger partial charge on any atom is 0.217 e. The van der Waals surface area contributed by atoms with Crippen molar-refractivity contribution in [2.45, 2.75) is 26.8 Å². The van der Waals surface area contributed by atoms with E-state index in [1.807, 2.05) is 25.3 Å². The highest BCUT2D eigenvalue weighted by atomic mass is 16.1. The summed E-state index contributed by atoms with van der Waals surface area (Å²) in [6.07, 6.45) is 2.85. The molecule has 0 aliphatic carbocycles. The number of hydrogen-bond acceptors (Lipinski definition) is 2. The Morgan fingerprint density at radius 2 is 2.12 bits per heavy atom. The van der Waals surface area contributed by atoms with Gasteiger partial charge < -0.3 is 5.32 Å². The number of nitrogens with zero attached hydrogens (tertiary/aromatic N) is 1. The van der Waals surface area contributed by atoms with E-state index in [1.165, 1.54) is 18.1 Å². The van der Waals surface area contributed by atoms with Gasteiger partial charge in [-0.15, -0.1) is 0 Å². The van der Waals surface area contributed by atoms with Crippen molar-refractivity contribution in [3.8, 4) is 0 Å². The number of amides is 1. The van der Waals surface area contributed by atoms with Crippen LogP contribution in [0.3, 0.4) is 0 Å². The second kappa shape index (κ2) is 4.95. The van der Waals surface area contributed by atoms with Crippen LogP contribution in [-0.4, -0.2) is 12.1 Å². The molecule has 0 fully saturated rings. The quantitative estimate of drug-likeness (QED) is 0.852. The Kier molecular flexibility index (Phi) is 3.38. The number of rotatable bonds is 3. The molecule has 0 radical (unpaired) electrons. The normalized spacial score (nSPS) is 14.2. The predicted molar refractivity (Wildman–Crippen MR) is 71.8 cm³/mol. The van der Waals surface area contributed by atoms with Gasteiger partial charge in [0.15, 0.2) is 0 Å². The van der Waals surface area contributed by atoms with Crippen LogP contribution < -0.4 is 5.32 Å². The lowest BCUT2D eigenvalue weighted by atomic mass is 10.0. The predicted octanol–water partition coefficient (Wildman–Crippen LogP) is 2.77. The van der Waals surface area contributed by atoms with Gasteiger partial charge in [-0.2, -0.15) is 0 Å². The van der Waals surface area contributed by atoms with Crippen molar-refractivity contribution in [3.05, 3.63) is 41.1 Å². The summed E-state index contributed by atoms with van der Waals surface area (Å²) in [6, 6.07) is 8.27. The summed E-state index contributed by atoms with van der Waals surface area (Å²) in [4.78, 5) is 15.1. The number of carbonyl (C=O) groups is 1. The zero-order chi connectivity index (χ0) is 12.3. The molecular formula is C14H18N2O. The van der Waals surface area contributed by atoms with Crippen LogP contribution in [0.15, 0.2) is 35.0 Å². The first-order valence-electron chi connectivity index (χ1n) is 5.73. The molecule has 0 spiro atoms. The molecule has 90 valence electrons. The second-order valence-corrected chi connectivity index (χ2v) is 4.19. The van der Waals surface area contributed by atoms with Crippen LogP contribution in [0.25, 0.3) is 5.57 Å². The van der Waals surface area contributed by atoms with Gasteiger partial charge in [0, 0.05) is 33.2 Å². The summed E-state index contributed by atoms with van der Waals surface area (Å²) in [6.45, 7) is 4.15. The maximum atomic E-state index is 10.8. The molecule has 3 heteroatoms. The van der Waals surface area contributed by atoms with Gasteiger partial charge in [-0.1, -0.05) is 24.3 Å². The molecule has 17 heavy (non-hydrogen) atoms. The molecule has 1 aromatic rings. The zero-order valence-electron chi connectivity index (χ0n) is 10.2. The van der Waals surface area contributed by atoms with Gasteiger partial charge in [-0.3, -0.25) is 9.79 Å². The van der Waals surface area contributed by atoms with E-state index >= 15 is 0 Å². The SMILES string of the molecule is CC(=O)NCc1ccc(C2=C(C)N=CC2)cc1.[HH]. The van der Waals surface area contributed by atoms with Gasteiger partial charge in [-0.05, 0) is 23.6 Å². The van der Waals surface area contributed by atoms with E-state index in [0.29, 0.717) is 6.54 Å². The molecule has 0 atom stereocenters. The summed E-state index contributed by atoms with van der Waals surface area (Å²) >= 11 is 0. The summed E-state index contributed by atoms with van der Waals surface area (Å²) < 4.78 is 0. The molecule has 0 saturated heterocycles. The molecule has 1 aliphatic heterocycles. The Hall–Kier alpha value is -1.90. The second-order valence-electron chi connectivity index (χ2n) is 4.19. The largest absolute Gasteiger partial charge is 0.352 e. The van der Waals surface area contributed by atoms with E-state index in [0.717, 1.165) is 17.7 Å². The van der Waals surface area contributed by atoms with Crippen molar-refractivity contribution in [2.75, 3.05) is 0 Å². The highest BCUT2D eigenvalue weighted by Gasteiger charge is 2.08. The van der Waals surface area contributed by atoms with Crippen molar-refractivity contribution in [1.29, 1.82) is 0 Å². The van der Waals surface area contributed by atoms with Crippen LogP contribution >= 0.6 is 0 Å². The summed E-state index contributed by atoms with van der Waals surface area (Å²) in [5.41, 5.74) is 4.71. The smallest absolute Gasteiger partial charge is 0.217 e. The van der Waals surface area contributed by atoms with Crippen LogP contribution in [0.4, 0.5) is 0 Å². The van der Waals surface area contributed by atoms with E-state index in [1.54, 1.807) is 0 Å². The number of benzene rings is 1. The molecule has 2 rings (SSSR count). The third kappa shape index (κ3) is 2.81. The lowest BCUT2D eigenvalue weighted by Crippen LogP contribution is -2.18. The third-order valence-electron chi connectivity index (χ3n) is 2.86. The summed E-state index contributed by atoms with van der Waals surface area (Å²) in [5, 5.41) is 2.78. The van der Waals surface area contributed by atoms with Crippen LogP contribution in [0, 0.1) is 0 Å². The average Bonchev–Trinajstić information content (AvgIpc) is 2.73. The standard InChI is InChI=1S/C14H16N2O.H2/c1-10-14(7-8-15-10)13-5-3-12(4-6-13)9-16-11(2)17;/h3-6,8H,7,9H2,1-2H3,(H,16,17);1H. The molecule has 0 bridgehead atoms. The first kappa shape index (κ1) is 11.6. The fourth-order valence-corrected chi connectivity index (χ4v) is 1.88. The summed E-state index contributed by atoms with van der Waals surface area (Å²) in [7, 11) is 0. The van der Waals surface area contributed by atoms with Gasteiger partial charge in [0.05, 0.1) is 0 Å². The minimum atomic E-state index is -0.00294. The molecule has 1 heterocycles. The van der Waals surface area contributed by atoms with Crippen LogP contribution in [0.1, 0.15) is 32.8 Å². The Morgan fingerprint density at radius 1 is 1.41 bits per heavy atom. The van der Waals surface area contributed by atoms with Gasteiger partial charge in [0.1, 0.15) is 0 Å². The fourth-order valence-electron chi connectivity index (χ4n) is 1.88. The molecule has 1 aromatic carbocycles. The molecule has 1 N–H and O–H groups in total. The van der Waals surface area contributed by atoms with Crippen LogP contribution in [0.2, 0.25) is 0 Å².